The second-order valence-corrected chi connectivity index (χ2v) is 8.72. The van der Waals surface area contributed by atoms with Crippen molar-refractivity contribution in [1.82, 2.24) is 18.7 Å². The molecule has 0 saturated carbocycles. The van der Waals surface area contributed by atoms with Gasteiger partial charge < -0.3 is 5.32 Å². The Hall–Kier alpha value is -2.85. The van der Waals surface area contributed by atoms with Gasteiger partial charge in [-0.25, -0.2) is 18.4 Å². The SMILES string of the molecule is CCCCCNc1nc2ccccc2nc1NS(=O)(=O)c1cccc2nsnc12. The first-order valence-corrected chi connectivity index (χ1v) is 11.5. The van der Waals surface area contributed by atoms with Crippen molar-refractivity contribution in [3.8, 4) is 0 Å². The van der Waals surface area contributed by atoms with Gasteiger partial charge >= 0.3 is 0 Å². The maximum Gasteiger partial charge on any atom is 0.265 e. The molecule has 2 heterocycles. The van der Waals surface area contributed by atoms with E-state index in [9.17, 15) is 8.42 Å². The van der Waals surface area contributed by atoms with E-state index in [1.165, 1.54) is 6.07 Å². The zero-order valence-corrected chi connectivity index (χ0v) is 17.4. The number of unbranched alkanes of at least 4 members (excludes halogenated alkanes) is 2. The molecule has 2 N–H and O–H groups in total. The van der Waals surface area contributed by atoms with Crippen molar-refractivity contribution in [3.05, 3.63) is 42.5 Å². The molecular weight excluding hydrogens is 408 g/mol. The molecule has 0 aliphatic rings. The highest BCUT2D eigenvalue weighted by molar-refractivity contribution is 7.93. The largest absolute Gasteiger partial charge is 0.367 e. The van der Waals surface area contributed by atoms with Gasteiger partial charge in [0, 0.05) is 6.54 Å². The highest BCUT2D eigenvalue weighted by Crippen LogP contribution is 2.27. The lowest BCUT2D eigenvalue weighted by Crippen LogP contribution is -2.17. The zero-order valence-electron chi connectivity index (χ0n) is 15.8. The van der Waals surface area contributed by atoms with Gasteiger partial charge in [-0.15, -0.1) is 0 Å². The van der Waals surface area contributed by atoms with Crippen molar-refractivity contribution in [2.24, 2.45) is 0 Å². The third-order valence-corrected chi connectivity index (χ3v) is 6.33. The van der Waals surface area contributed by atoms with Gasteiger partial charge in [0.25, 0.3) is 10.0 Å². The first-order valence-electron chi connectivity index (χ1n) is 9.33. The van der Waals surface area contributed by atoms with Crippen LogP contribution in [0, 0.1) is 0 Å². The van der Waals surface area contributed by atoms with Crippen LogP contribution < -0.4 is 10.0 Å². The molecule has 2 aromatic carbocycles. The predicted octanol–water partition coefficient (Wildman–Crippen LogP) is 4.04. The van der Waals surface area contributed by atoms with E-state index in [0.717, 1.165) is 31.0 Å². The number of fused-ring (bicyclic) bond motifs is 2. The molecule has 4 aromatic rings. The molecule has 0 bridgehead atoms. The van der Waals surface area contributed by atoms with E-state index in [0.29, 0.717) is 34.4 Å². The zero-order chi connectivity index (χ0) is 20.3. The number of hydrogen-bond donors (Lipinski definition) is 2. The normalized spacial score (nSPS) is 11.8. The number of anilines is 2. The second-order valence-electron chi connectivity index (χ2n) is 6.54. The molecule has 4 rings (SSSR count). The third kappa shape index (κ3) is 4.13. The van der Waals surface area contributed by atoms with Crippen LogP contribution in [0.4, 0.5) is 11.6 Å². The molecular formula is C19H20N6O2S2. The molecule has 0 saturated heterocycles. The Morgan fingerprint density at radius 1 is 0.897 bits per heavy atom. The van der Waals surface area contributed by atoms with Crippen LogP contribution in [0.5, 0.6) is 0 Å². The molecule has 0 fully saturated rings. The first-order chi connectivity index (χ1) is 14.1. The highest BCUT2D eigenvalue weighted by atomic mass is 32.2. The Labute approximate surface area is 172 Å². The Bertz CT molecular complexity index is 1260. The molecule has 0 amide bonds. The molecule has 0 spiro atoms. The van der Waals surface area contributed by atoms with Gasteiger partial charge in [-0.1, -0.05) is 38.0 Å². The number of aromatic nitrogens is 4. The maximum atomic E-state index is 13.1. The van der Waals surface area contributed by atoms with E-state index >= 15 is 0 Å². The van der Waals surface area contributed by atoms with Crippen molar-refractivity contribution in [2.75, 3.05) is 16.6 Å². The van der Waals surface area contributed by atoms with Crippen LogP contribution >= 0.6 is 11.7 Å². The summed E-state index contributed by atoms with van der Waals surface area (Å²) in [5.41, 5.74) is 2.19. The summed E-state index contributed by atoms with van der Waals surface area (Å²) in [6.07, 6.45) is 3.13. The molecule has 2 aromatic heterocycles. The van der Waals surface area contributed by atoms with E-state index < -0.39 is 10.0 Å². The van der Waals surface area contributed by atoms with E-state index in [4.69, 9.17) is 0 Å². The average Bonchev–Trinajstić information content (AvgIpc) is 3.20. The predicted molar refractivity (Wildman–Crippen MR) is 116 cm³/mol. The molecule has 8 nitrogen and oxygen atoms in total. The minimum atomic E-state index is -3.92. The molecule has 0 unspecified atom stereocenters. The van der Waals surface area contributed by atoms with Gasteiger partial charge in [0.2, 0.25) is 0 Å². The topological polar surface area (TPSA) is 110 Å². The fourth-order valence-electron chi connectivity index (χ4n) is 2.96. The Balaban J connectivity index is 1.72. The number of hydrogen-bond acceptors (Lipinski definition) is 8. The molecule has 29 heavy (non-hydrogen) atoms. The highest BCUT2D eigenvalue weighted by Gasteiger charge is 2.22. The average molecular weight is 429 g/mol. The number of nitrogens with zero attached hydrogens (tertiary/aromatic N) is 4. The lowest BCUT2D eigenvalue weighted by atomic mass is 10.2. The summed E-state index contributed by atoms with van der Waals surface area (Å²) in [4.78, 5) is 9.15. The van der Waals surface area contributed by atoms with Crippen molar-refractivity contribution < 1.29 is 8.42 Å². The number of rotatable bonds is 8. The fraction of sp³-hybridized carbons (Fsp3) is 0.263. The summed E-state index contributed by atoms with van der Waals surface area (Å²) >= 11 is 0.978. The van der Waals surface area contributed by atoms with Crippen LogP contribution in [0.15, 0.2) is 47.4 Å². The van der Waals surface area contributed by atoms with Gasteiger partial charge in [0.05, 0.1) is 22.8 Å². The number of benzene rings is 2. The number of nitrogens with one attached hydrogen (secondary N) is 2. The van der Waals surface area contributed by atoms with Gasteiger partial charge in [-0.3, -0.25) is 4.72 Å². The third-order valence-electron chi connectivity index (χ3n) is 4.41. The van der Waals surface area contributed by atoms with Crippen LogP contribution in [0.1, 0.15) is 26.2 Å². The Kier molecular flexibility index (Phi) is 5.54. The van der Waals surface area contributed by atoms with Gasteiger partial charge in [-0.2, -0.15) is 8.75 Å². The van der Waals surface area contributed by atoms with Crippen LogP contribution in [-0.4, -0.2) is 33.7 Å². The molecule has 150 valence electrons. The van der Waals surface area contributed by atoms with Gasteiger partial charge in [0.15, 0.2) is 11.6 Å². The monoisotopic (exact) mass is 428 g/mol. The fourth-order valence-corrected chi connectivity index (χ4v) is 4.73. The number of sulfonamides is 1. The molecule has 0 aliphatic carbocycles. The Morgan fingerprint density at radius 3 is 2.38 bits per heavy atom. The smallest absolute Gasteiger partial charge is 0.265 e. The van der Waals surface area contributed by atoms with E-state index in [-0.39, 0.29) is 10.7 Å². The lowest BCUT2D eigenvalue weighted by Gasteiger charge is -2.14. The Morgan fingerprint density at radius 2 is 1.62 bits per heavy atom. The molecule has 0 atom stereocenters. The van der Waals surface area contributed by atoms with Crippen LogP contribution in [0.25, 0.3) is 22.1 Å². The molecule has 0 radical (unpaired) electrons. The summed E-state index contributed by atoms with van der Waals surface area (Å²) in [5, 5.41) is 3.22. The van der Waals surface area contributed by atoms with Crippen molar-refractivity contribution in [1.29, 1.82) is 0 Å². The van der Waals surface area contributed by atoms with Crippen LogP contribution in [0.2, 0.25) is 0 Å². The summed E-state index contributed by atoms with van der Waals surface area (Å²) in [5.74, 6) is 0.576. The van der Waals surface area contributed by atoms with Crippen molar-refractivity contribution >= 4 is 55.5 Å². The summed E-state index contributed by atoms with van der Waals surface area (Å²) in [7, 11) is -3.92. The van der Waals surface area contributed by atoms with Crippen LogP contribution in [-0.2, 0) is 10.0 Å². The number of para-hydroxylation sites is 2. The van der Waals surface area contributed by atoms with E-state index in [1.54, 1.807) is 18.2 Å². The molecule has 10 heteroatoms. The van der Waals surface area contributed by atoms with Crippen LogP contribution in [0.3, 0.4) is 0 Å². The molecule has 0 aliphatic heterocycles. The quantitative estimate of drug-likeness (QED) is 0.408. The summed E-state index contributed by atoms with van der Waals surface area (Å²) < 4.78 is 37.1. The van der Waals surface area contributed by atoms with Gasteiger partial charge in [-0.05, 0) is 30.7 Å². The van der Waals surface area contributed by atoms with Crippen molar-refractivity contribution in [3.63, 3.8) is 0 Å². The standard InChI is InChI=1S/C19H20N6O2S2/c1-2-3-6-12-20-18-19(22-14-9-5-4-8-13(14)21-18)25-29(26,27)16-11-7-10-15-17(16)24-28-23-15/h4-5,7-11H,2-3,6,12H2,1H3,(H,20,21)(H,22,25). The maximum absolute atomic E-state index is 13.1. The second kappa shape index (κ2) is 8.26. The summed E-state index contributed by atoms with van der Waals surface area (Å²) in [6, 6.07) is 12.2. The summed E-state index contributed by atoms with van der Waals surface area (Å²) in [6.45, 7) is 2.81. The lowest BCUT2D eigenvalue weighted by molar-refractivity contribution is 0.601. The van der Waals surface area contributed by atoms with Crippen molar-refractivity contribution in [2.45, 2.75) is 31.1 Å². The van der Waals surface area contributed by atoms with E-state index in [2.05, 4.69) is 35.7 Å². The minimum Gasteiger partial charge on any atom is -0.367 e. The first kappa shape index (κ1) is 19.5. The van der Waals surface area contributed by atoms with E-state index in [1.807, 2.05) is 18.2 Å². The van der Waals surface area contributed by atoms with Gasteiger partial charge in [0.1, 0.15) is 15.9 Å². The minimum absolute atomic E-state index is 0.0654.